The van der Waals surface area contributed by atoms with Crippen LogP contribution >= 0.6 is 23.6 Å². The van der Waals surface area contributed by atoms with E-state index in [4.69, 9.17) is 12.2 Å². The lowest BCUT2D eigenvalue weighted by Crippen LogP contribution is -2.31. The third kappa shape index (κ3) is 2.76. The summed E-state index contributed by atoms with van der Waals surface area (Å²) in [5.41, 5.74) is 3.26. The van der Waals surface area contributed by atoms with Crippen molar-refractivity contribution in [3.05, 3.63) is 51.6 Å². The molecular weight excluding hydrogens is 338 g/mol. The number of carbonyl (C=O) groups is 1. The van der Waals surface area contributed by atoms with E-state index in [2.05, 4.69) is 17.2 Å². The molecule has 1 aromatic carbocycles. The second kappa shape index (κ2) is 6.11. The van der Waals surface area contributed by atoms with Gasteiger partial charge in [-0.3, -0.25) is 9.69 Å². The first-order valence-electron chi connectivity index (χ1n) is 8.08. The second-order valence-corrected chi connectivity index (χ2v) is 7.27. The molecule has 2 heterocycles. The lowest BCUT2D eigenvalue weighted by atomic mass is 10.1. The average molecular weight is 355 g/mol. The quantitative estimate of drug-likeness (QED) is 0.668. The highest BCUT2D eigenvalue weighted by Gasteiger charge is 2.33. The van der Waals surface area contributed by atoms with Gasteiger partial charge in [0.15, 0.2) is 5.11 Å². The van der Waals surface area contributed by atoms with Crippen LogP contribution in [0.15, 0.2) is 35.3 Å². The van der Waals surface area contributed by atoms with Crippen molar-refractivity contribution in [1.82, 2.24) is 10.3 Å². The van der Waals surface area contributed by atoms with Gasteiger partial charge >= 0.3 is 0 Å². The van der Waals surface area contributed by atoms with Gasteiger partial charge in [-0.25, -0.2) is 4.98 Å². The van der Waals surface area contributed by atoms with Crippen molar-refractivity contribution < 1.29 is 4.79 Å². The van der Waals surface area contributed by atoms with Crippen molar-refractivity contribution >= 4 is 46.3 Å². The van der Waals surface area contributed by atoms with Crippen molar-refractivity contribution in [2.45, 2.75) is 32.1 Å². The van der Waals surface area contributed by atoms with Crippen LogP contribution in [-0.4, -0.2) is 16.0 Å². The summed E-state index contributed by atoms with van der Waals surface area (Å²) in [6.07, 6.45) is 5.10. The number of nitrogens with zero attached hydrogens (tertiary/aromatic N) is 2. The molecular formula is C18H17N3OS2. The minimum Gasteiger partial charge on any atom is -0.327 e. The van der Waals surface area contributed by atoms with Gasteiger partial charge in [-0.2, -0.15) is 0 Å². The lowest BCUT2D eigenvalue weighted by Gasteiger charge is -2.17. The van der Waals surface area contributed by atoms with Crippen molar-refractivity contribution in [2.24, 2.45) is 0 Å². The van der Waals surface area contributed by atoms with Crippen LogP contribution in [0.25, 0.3) is 6.08 Å². The first-order chi connectivity index (χ1) is 11.7. The van der Waals surface area contributed by atoms with Crippen LogP contribution in [0.2, 0.25) is 0 Å². The largest absolute Gasteiger partial charge is 0.327 e. The zero-order valence-electron chi connectivity index (χ0n) is 13.3. The summed E-state index contributed by atoms with van der Waals surface area (Å²) in [7, 11) is 0. The molecule has 0 spiro atoms. The van der Waals surface area contributed by atoms with E-state index >= 15 is 0 Å². The number of hydrogen-bond donors (Lipinski definition) is 1. The van der Waals surface area contributed by atoms with Crippen molar-refractivity contribution in [3.63, 3.8) is 0 Å². The number of carbonyl (C=O) groups excluding carboxylic acids is 1. The number of thiocarbonyl (C=S) groups is 1. The number of amides is 1. The Hall–Kier alpha value is -2.05. The number of benzene rings is 1. The molecule has 1 N–H and O–H groups in total. The average Bonchev–Trinajstić information content (AvgIpc) is 3.27. The van der Waals surface area contributed by atoms with Gasteiger partial charge in [-0.05, 0) is 49.2 Å². The summed E-state index contributed by atoms with van der Waals surface area (Å²) in [5, 5.41) is 6.63. The van der Waals surface area contributed by atoms with Gasteiger partial charge < -0.3 is 5.32 Å². The standard InChI is InChI=1S/C18H17N3OS2/c1-2-11-5-3-4-6-15(11)21-17(22)14(20-18(21)23)9-13-10-24-16(19-13)12-7-8-12/h3-6,9-10,12H,2,7-8H2,1H3,(H,20,23). The van der Waals surface area contributed by atoms with E-state index in [-0.39, 0.29) is 5.91 Å². The molecule has 122 valence electrons. The Morgan fingerprint density at radius 2 is 2.21 bits per heavy atom. The minimum absolute atomic E-state index is 0.123. The minimum atomic E-state index is -0.123. The van der Waals surface area contributed by atoms with Crippen LogP contribution in [-0.2, 0) is 11.2 Å². The molecule has 2 aromatic rings. The van der Waals surface area contributed by atoms with E-state index in [9.17, 15) is 4.79 Å². The summed E-state index contributed by atoms with van der Waals surface area (Å²) in [6, 6.07) is 7.86. The van der Waals surface area contributed by atoms with Crippen LogP contribution in [0, 0.1) is 0 Å². The van der Waals surface area contributed by atoms with E-state index in [0.717, 1.165) is 23.4 Å². The molecule has 4 nitrogen and oxygen atoms in total. The highest BCUT2D eigenvalue weighted by Crippen LogP contribution is 2.41. The fourth-order valence-electron chi connectivity index (χ4n) is 2.81. The van der Waals surface area contributed by atoms with Gasteiger partial charge in [0.25, 0.3) is 5.91 Å². The Morgan fingerprint density at radius 1 is 1.42 bits per heavy atom. The van der Waals surface area contributed by atoms with Crippen molar-refractivity contribution in [1.29, 1.82) is 0 Å². The molecule has 2 aliphatic rings. The normalized spacial score (nSPS) is 19.2. The Bertz CT molecular complexity index is 851. The first kappa shape index (κ1) is 15.5. The molecule has 1 aliphatic carbocycles. The third-order valence-electron chi connectivity index (χ3n) is 4.25. The van der Waals surface area contributed by atoms with E-state index in [1.807, 2.05) is 29.6 Å². The second-order valence-electron chi connectivity index (χ2n) is 6.00. The zero-order valence-corrected chi connectivity index (χ0v) is 14.9. The zero-order chi connectivity index (χ0) is 16.7. The molecule has 6 heteroatoms. The Balaban J connectivity index is 1.64. The molecule has 0 atom stereocenters. The van der Waals surface area contributed by atoms with Crippen LogP contribution in [0.3, 0.4) is 0 Å². The van der Waals surface area contributed by atoms with Crippen LogP contribution in [0.4, 0.5) is 5.69 Å². The molecule has 0 radical (unpaired) electrons. The summed E-state index contributed by atoms with van der Waals surface area (Å²) >= 11 is 7.06. The van der Waals surface area contributed by atoms with Gasteiger partial charge in [0.1, 0.15) is 5.70 Å². The molecule has 0 bridgehead atoms. The number of thiazole rings is 1. The number of anilines is 1. The van der Waals surface area contributed by atoms with Gasteiger partial charge in [-0.15, -0.1) is 11.3 Å². The third-order valence-corrected chi connectivity index (χ3v) is 5.56. The maximum absolute atomic E-state index is 12.8. The molecule has 2 fully saturated rings. The summed E-state index contributed by atoms with van der Waals surface area (Å²) in [4.78, 5) is 19.0. The van der Waals surface area contributed by atoms with Gasteiger partial charge in [0.05, 0.1) is 16.4 Å². The monoisotopic (exact) mass is 355 g/mol. The van der Waals surface area contributed by atoms with Crippen LogP contribution in [0.5, 0.6) is 0 Å². The Labute approximate surface area is 150 Å². The fourth-order valence-corrected chi connectivity index (χ4v) is 4.05. The smallest absolute Gasteiger partial charge is 0.281 e. The number of hydrogen-bond acceptors (Lipinski definition) is 4. The molecule has 1 saturated carbocycles. The Morgan fingerprint density at radius 3 is 2.96 bits per heavy atom. The molecule has 24 heavy (non-hydrogen) atoms. The SMILES string of the molecule is CCc1ccccc1N1C(=O)C(=Cc2csc(C3CC3)n2)NC1=S. The van der Waals surface area contributed by atoms with Gasteiger partial charge in [-0.1, -0.05) is 25.1 Å². The molecule has 1 aromatic heterocycles. The summed E-state index contributed by atoms with van der Waals surface area (Å²) in [6.45, 7) is 2.07. The predicted octanol–water partition coefficient (Wildman–Crippen LogP) is 3.85. The molecule has 1 aliphatic heterocycles. The highest BCUT2D eigenvalue weighted by molar-refractivity contribution is 7.80. The predicted molar refractivity (Wildman–Crippen MR) is 101 cm³/mol. The van der Waals surface area contributed by atoms with Crippen LogP contribution < -0.4 is 10.2 Å². The molecule has 1 saturated heterocycles. The van der Waals surface area contributed by atoms with Crippen molar-refractivity contribution in [2.75, 3.05) is 4.90 Å². The maximum Gasteiger partial charge on any atom is 0.281 e. The van der Waals surface area contributed by atoms with Crippen LogP contribution in [0.1, 0.15) is 41.9 Å². The highest BCUT2D eigenvalue weighted by atomic mass is 32.1. The molecule has 0 unspecified atom stereocenters. The van der Waals surface area contributed by atoms with E-state index in [1.54, 1.807) is 22.3 Å². The molecule has 4 rings (SSSR count). The van der Waals surface area contributed by atoms with E-state index in [0.29, 0.717) is 16.7 Å². The van der Waals surface area contributed by atoms with Crippen molar-refractivity contribution in [3.8, 4) is 0 Å². The van der Waals surface area contributed by atoms with E-state index < -0.39 is 0 Å². The first-order valence-corrected chi connectivity index (χ1v) is 9.36. The molecule has 1 amide bonds. The number of aromatic nitrogens is 1. The lowest BCUT2D eigenvalue weighted by molar-refractivity contribution is -0.113. The fraction of sp³-hybridized carbons (Fsp3) is 0.278. The number of rotatable bonds is 4. The van der Waals surface area contributed by atoms with E-state index in [1.165, 1.54) is 17.8 Å². The maximum atomic E-state index is 12.8. The number of aryl methyl sites for hydroxylation is 1. The summed E-state index contributed by atoms with van der Waals surface area (Å²) < 4.78 is 0. The topological polar surface area (TPSA) is 45.2 Å². The summed E-state index contributed by atoms with van der Waals surface area (Å²) in [5.74, 6) is 0.505. The van der Waals surface area contributed by atoms with Gasteiger partial charge in [0.2, 0.25) is 0 Å². The number of para-hydroxylation sites is 1. The van der Waals surface area contributed by atoms with Gasteiger partial charge in [0, 0.05) is 11.3 Å². The Kier molecular flexibility index (Phi) is 3.94. The number of nitrogens with one attached hydrogen (secondary N) is 1.